The van der Waals surface area contributed by atoms with Crippen molar-refractivity contribution in [3.8, 4) is 11.1 Å². The van der Waals surface area contributed by atoms with Gasteiger partial charge in [-0.15, -0.1) is 0 Å². The van der Waals surface area contributed by atoms with Crippen LogP contribution in [-0.4, -0.2) is 29.9 Å². The van der Waals surface area contributed by atoms with Gasteiger partial charge in [0.1, 0.15) is 5.56 Å². The van der Waals surface area contributed by atoms with E-state index in [4.69, 9.17) is 0 Å². The fourth-order valence-corrected chi connectivity index (χ4v) is 2.58. The fourth-order valence-electron chi connectivity index (χ4n) is 2.58. The predicted octanol–water partition coefficient (Wildman–Crippen LogP) is 2.90. The second kappa shape index (κ2) is 5.48. The molecular formula is C18H16N2O2. The number of aromatic amines is 1. The van der Waals surface area contributed by atoms with Crippen molar-refractivity contribution in [3.05, 3.63) is 70.5 Å². The molecule has 110 valence electrons. The third kappa shape index (κ3) is 2.29. The Morgan fingerprint density at radius 2 is 1.59 bits per heavy atom. The molecule has 4 nitrogen and oxygen atoms in total. The summed E-state index contributed by atoms with van der Waals surface area (Å²) < 4.78 is 0. The summed E-state index contributed by atoms with van der Waals surface area (Å²) in [7, 11) is 3.29. The van der Waals surface area contributed by atoms with E-state index in [2.05, 4.69) is 4.98 Å². The van der Waals surface area contributed by atoms with Crippen LogP contribution in [0, 0.1) is 0 Å². The number of fused-ring (bicyclic) bond motifs is 1. The van der Waals surface area contributed by atoms with Gasteiger partial charge in [-0.3, -0.25) is 9.59 Å². The molecule has 0 saturated heterocycles. The third-order valence-corrected chi connectivity index (χ3v) is 3.60. The molecule has 0 aliphatic rings. The van der Waals surface area contributed by atoms with Crippen LogP contribution in [0.1, 0.15) is 10.4 Å². The first-order valence-corrected chi connectivity index (χ1v) is 7.01. The maximum Gasteiger partial charge on any atom is 0.261 e. The monoisotopic (exact) mass is 292 g/mol. The predicted molar refractivity (Wildman–Crippen MR) is 88.0 cm³/mol. The Labute approximate surface area is 128 Å². The zero-order valence-corrected chi connectivity index (χ0v) is 12.5. The molecule has 2 aromatic carbocycles. The lowest BCUT2D eigenvalue weighted by Crippen LogP contribution is -2.29. The Balaban J connectivity index is 2.46. The van der Waals surface area contributed by atoms with E-state index in [-0.39, 0.29) is 17.0 Å². The third-order valence-electron chi connectivity index (χ3n) is 3.60. The first kappa shape index (κ1) is 14.1. The van der Waals surface area contributed by atoms with Gasteiger partial charge in [-0.2, -0.15) is 0 Å². The summed E-state index contributed by atoms with van der Waals surface area (Å²) in [5.41, 5.74) is 2.07. The van der Waals surface area contributed by atoms with Gasteiger partial charge in [0, 0.05) is 30.6 Å². The molecule has 1 aromatic heterocycles. The Bertz CT molecular complexity index is 896. The summed E-state index contributed by atoms with van der Waals surface area (Å²) in [6.07, 6.45) is 0. The molecule has 1 N–H and O–H groups in total. The van der Waals surface area contributed by atoms with Gasteiger partial charge in [0.15, 0.2) is 0 Å². The first-order valence-electron chi connectivity index (χ1n) is 7.01. The highest BCUT2D eigenvalue weighted by atomic mass is 16.2. The summed E-state index contributed by atoms with van der Waals surface area (Å²) in [5.74, 6) is -0.300. The quantitative estimate of drug-likeness (QED) is 0.789. The minimum Gasteiger partial charge on any atom is -0.345 e. The standard InChI is InChI=1S/C18H16N2O2/c1-20(2)18(22)16-15(12-8-4-3-5-9-12)13-10-6-7-11-14(13)19-17(16)21/h3-11H,1-2H3,(H,19,21). The summed E-state index contributed by atoms with van der Waals surface area (Å²) in [4.78, 5) is 29.2. The molecule has 1 heterocycles. The van der Waals surface area contributed by atoms with Gasteiger partial charge in [0.2, 0.25) is 0 Å². The molecule has 3 rings (SSSR count). The van der Waals surface area contributed by atoms with E-state index < -0.39 is 0 Å². The average molecular weight is 292 g/mol. The van der Waals surface area contributed by atoms with Gasteiger partial charge < -0.3 is 9.88 Å². The number of nitrogens with zero attached hydrogens (tertiary/aromatic N) is 1. The first-order chi connectivity index (χ1) is 10.6. The van der Waals surface area contributed by atoms with Crippen LogP contribution < -0.4 is 5.56 Å². The summed E-state index contributed by atoms with van der Waals surface area (Å²) in [5, 5.41) is 0.860. The molecule has 0 aliphatic carbocycles. The van der Waals surface area contributed by atoms with Crippen molar-refractivity contribution in [2.75, 3.05) is 14.1 Å². The number of aromatic nitrogens is 1. The number of carbonyl (C=O) groups excluding carboxylic acids is 1. The van der Waals surface area contributed by atoms with Crippen molar-refractivity contribution in [1.82, 2.24) is 9.88 Å². The lowest BCUT2D eigenvalue weighted by atomic mass is 9.95. The topological polar surface area (TPSA) is 53.2 Å². The Kier molecular flexibility index (Phi) is 3.51. The molecule has 0 aliphatic heterocycles. The van der Waals surface area contributed by atoms with Crippen molar-refractivity contribution in [3.63, 3.8) is 0 Å². The molecule has 1 amide bonds. The molecular weight excluding hydrogens is 276 g/mol. The number of hydrogen-bond donors (Lipinski definition) is 1. The van der Waals surface area contributed by atoms with Gasteiger partial charge in [-0.1, -0.05) is 48.5 Å². The number of para-hydroxylation sites is 1. The van der Waals surface area contributed by atoms with Gasteiger partial charge in [0.25, 0.3) is 11.5 Å². The van der Waals surface area contributed by atoms with Crippen LogP contribution in [0.4, 0.5) is 0 Å². The Morgan fingerprint density at radius 1 is 0.955 bits per heavy atom. The van der Waals surface area contributed by atoms with Crippen molar-refractivity contribution in [2.24, 2.45) is 0 Å². The number of nitrogens with one attached hydrogen (secondary N) is 1. The Morgan fingerprint density at radius 3 is 2.27 bits per heavy atom. The normalized spacial score (nSPS) is 10.6. The number of hydrogen-bond acceptors (Lipinski definition) is 2. The highest BCUT2D eigenvalue weighted by Gasteiger charge is 2.21. The van der Waals surface area contributed by atoms with E-state index in [1.54, 1.807) is 14.1 Å². The molecule has 0 fully saturated rings. The largest absolute Gasteiger partial charge is 0.345 e. The average Bonchev–Trinajstić information content (AvgIpc) is 2.53. The molecule has 0 unspecified atom stereocenters. The highest BCUT2D eigenvalue weighted by molar-refractivity contribution is 6.08. The summed E-state index contributed by atoms with van der Waals surface area (Å²) in [6, 6.07) is 17.0. The minimum absolute atomic E-state index is 0.176. The van der Waals surface area contributed by atoms with Crippen molar-refractivity contribution in [1.29, 1.82) is 0 Å². The lowest BCUT2D eigenvalue weighted by Gasteiger charge is -2.15. The van der Waals surface area contributed by atoms with E-state index in [1.165, 1.54) is 4.90 Å². The maximum atomic E-state index is 12.5. The van der Waals surface area contributed by atoms with E-state index >= 15 is 0 Å². The molecule has 0 spiro atoms. The van der Waals surface area contributed by atoms with E-state index in [0.29, 0.717) is 5.56 Å². The molecule has 0 bridgehead atoms. The number of pyridine rings is 1. The maximum absolute atomic E-state index is 12.5. The number of rotatable bonds is 2. The number of H-pyrrole nitrogens is 1. The minimum atomic E-state index is -0.365. The molecule has 0 saturated carbocycles. The van der Waals surface area contributed by atoms with Crippen LogP contribution in [0.5, 0.6) is 0 Å². The molecule has 4 heteroatoms. The SMILES string of the molecule is CN(C)C(=O)c1c(-c2ccccc2)c2ccccc2[nH]c1=O. The van der Waals surface area contributed by atoms with Crippen molar-refractivity contribution in [2.45, 2.75) is 0 Å². The fraction of sp³-hybridized carbons (Fsp3) is 0.111. The van der Waals surface area contributed by atoms with Crippen LogP contribution in [0.25, 0.3) is 22.0 Å². The second-order valence-corrected chi connectivity index (χ2v) is 5.32. The van der Waals surface area contributed by atoms with Crippen molar-refractivity contribution >= 4 is 16.8 Å². The summed E-state index contributed by atoms with van der Waals surface area (Å²) >= 11 is 0. The van der Waals surface area contributed by atoms with Crippen molar-refractivity contribution < 1.29 is 4.79 Å². The van der Waals surface area contributed by atoms with Crippen LogP contribution in [0.3, 0.4) is 0 Å². The highest BCUT2D eigenvalue weighted by Crippen LogP contribution is 2.29. The van der Waals surface area contributed by atoms with Gasteiger partial charge in [-0.25, -0.2) is 0 Å². The zero-order chi connectivity index (χ0) is 15.7. The smallest absolute Gasteiger partial charge is 0.261 e. The van der Waals surface area contributed by atoms with E-state index in [9.17, 15) is 9.59 Å². The molecule has 0 atom stereocenters. The number of benzene rings is 2. The van der Waals surface area contributed by atoms with E-state index in [0.717, 1.165) is 16.5 Å². The molecule has 22 heavy (non-hydrogen) atoms. The number of carbonyl (C=O) groups is 1. The van der Waals surface area contributed by atoms with Crippen LogP contribution in [-0.2, 0) is 0 Å². The zero-order valence-electron chi connectivity index (χ0n) is 12.5. The molecule has 3 aromatic rings. The lowest BCUT2D eigenvalue weighted by molar-refractivity contribution is 0.0827. The van der Waals surface area contributed by atoms with Crippen LogP contribution in [0.15, 0.2) is 59.4 Å². The second-order valence-electron chi connectivity index (χ2n) is 5.32. The Hall–Kier alpha value is -2.88. The van der Waals surface area contributed by atoms with Gasteiger partial charge in [0.05, 0.1) is 0 Å². The number of amides is 1. The van der Waals surface area contributed by atoms with Crippen LogP contribution >= 0.6 is 0 Å². The van der Waals surface area contributed by atoms with Gasteiger partial charge >= 0.3 is 0 Å². The molecule has 0 radical (unpaired) electrons. The van der Waals surface area contributed by atoms with Crippen LogP contribution in [0.2, 0.25) is 0 Å². The summed E-state index contributed by atoms with van der Waals surface area (Å²) in [6.45, 7) is 0. The van der Waals surface area contributed by atoms with Gasteiger partial charge in [-0.05, 0) is 11.6 Å². The van der Waals surface area contributed by atoms with E-state index in [1.807, 2.05) is 54.6 Å².